The molecule has 0 heterocycles. The normalized spacial score (nSPS) is 18.5. The van der Waals surface area contributed by atoms with Crippen molar-refractivity contribution in [1.29, 1.82) is 0 Å². The second-order valence-corrected chi connectivity index (χ2v) is 5.12. The lowest BCUT2D eigenvalue weighted by atomic mass is 10.2. The number of ether oxygens (including phenoxy) is 1. The Morgan fingerprint density at radius 2 is 2.18 bits per heavy atom. The van der Waals surface area contributed by atoms with Crippen molar-refractivity contribution < 1.29 is 19.0 Å². The summed E-state index contributed by atoms with van der Waals surface area (Å²) in [5, 5.41) is 0. The smallest absolute Gasteiger partial charge is 0.308 e. The van der Waals surface area contributed by atoms with Gasteiger partial charge in [-0.05, 0) is 0 Å². The highest BCUT2D eigenvalue weighted by molar-refractivity contribution is 7.57. The van der Waals surface area contributed by atoms with Crippen molar-refractivity contribution in [3.63, 3.8) is 0 Å². The zero-order chi connectivity index (χ0) is 9.07. The summed E-state index contributed by atoms with van der Waals surface area (Å²) >= 11 is 0. The average Bonchev–Trinajstić information content (AvgIpc) is 1.82. The summed E-state index contributed by atoms with van der Waals surface area (Å²) in [5.74, 6) is -0.943. The maximum atomic E-state index is 10.8. The van der Waals surface area contributed by atoms with Crippen LogP contribution >= 0.6 is 7.37 Å². The number of methoxy groups -OCH3 is 1. The summed E-state index contributed by atoms with van der Waals surface area (Å²) in [4.78, 5) is 19.6. The number of hydrogen-bond acceptors (Lipinski definition) is 3. The lowest BCUT2D eigenvalue weighted by molar-refractivity contribution is -0.144. The Labute approximate surface area is 66.0 Å². The van der Waals surface area contributed by atoms with Gasteiger partial charge in [0, 0.05) is 12.8 Å². The van der Waals surface area contributed by atoms with Gasteiger partial charge in [-0.15, -0.1) is 0 Å². The van der Waals surface area contributed by atoms with E-state index in [0.717, 1.165) is 0 Å². The van der Waals surface area contributed by atoms with Crippen molar-refractivity contribution in [3.05, 3.63) is 0 Å². The lowest BCUT2D eigenvalue weighted by Crippen LogP contribution is -2.16. The van der Waals surface area contributed by atoms with Crippen molar-refractivity contribution in [2.75, 3.05) is 19.9 Å². The van der Waals surface area contributed by atoms with Crippen molar-refractivity contribution in [1.82, 2.24) is 0 Å². The second-order valence-electron chi connectivity index (χ2n) is 2.66. The minimum absolute atomic E-state index is 0.0142. The minimum Gasteiger partial charge on any atom is -0.469 e. The Balaban J connectivity index is 3.98. The molecule has 0 bridgehead atoms. The monoisotopic (exact) mass is 180 g/mol. The van der Waals surface area contributed by atoms with E-state index < -0.39 is 19.3 Å². The fourth-order valence-electron chi connectivity index (χ4n) is 0.784. The van der Waals surface area contributed by atoms with E-state index >= 15 is 0 Å². The van der Waals surface area contributed by atoms with E-state index in [2.05, 4.69) is 4.74 Å². The van der Waals surface area contributed by atoms with E-state index in [1.165, 1.54) is 13.8 Å². The summed E-state index contributed by atoms with van der Waals surface area (Å²) in [6, 6.07) is 0. The first-order valence-corrected chi connectivity index (χ1v) is 5.53. The van der Waals surface area contributed by atoms with Crippen LogP contribution in [0.5, 0.6) is 0 Å². The molecule has 0 aromatic heterocycles. The van der Waals surface area contributed by atoms with Gasteiger partial charge in [0.2, 0.25) is 0 Å². The summed E-state index contributed by atoms with van der Waals surface area (Å²) in [6.45, 7) is 2.80. The Kier molecular flexibility index (Phi) is 3.76. The van der Waals surface area contributed by atoms with Gasteiger partial charge in [0.15, 0.2) is 7.37 Å². The third-order valence-corrected chi connectivity index (χ3v) is 2.44. The quantitative estimate of drug-likeness (QED) is 0.512. The maximum Gasteiger partial charge on any atom is 0.308 e. The van der Waals surface area contributed by atoms with Crippen LogP contribution in [-0.4, -0.2) is 30.8 Å². The molecule has 2 atom stereocenters. The predicted octanol–water partition coefficient (Wildman–Crippen LogP) is 0.696. The molecule has 0 aliphatic heterocycles. The van der Waals surface area contributed by atoms with Crippen molar-refractivity contribution >= 4 is 13.3 Å². The van der Waals surface area contributed by atoms with Crippen LogP contribution in [0.25, 0.3) is 0 Å². The molecular weight excluding hydrogens is 167 g/mol. The van der Waals surface area contributed by atoms with E-state index in [9.17, 15) is 9.36 Å². The maximum absolute atomic E-state index is 10.8. The van der Waals surface area contributed by atoms with Crippen LogP contribution in [0, 0.1) is 5.92 Å². The number of rotatable bonds is 3. The van der Waals surface area contributed by atoms with Gasteiger partial charge in [0.25, 0.3) is 0 Å². The van der Waals surface area contributed by atoms with Crippen molar-refractivity contribution in [2.45, 2.75) is 6.92 Å². The highest BCUT2D eigenvalue weighted by atomic mass is 31.2. The predicted molar refractivity (Wildman–Crippen MR) is 41.8 cm³/mol. The Hall–Kier alpha value is -0.340. The number of carbonyl (C=O) groups excluding carboxylic acids is 1. The molecule has 0 aliphatic carbocycles. The largest absolute Gasteiger partial charge is 0.469 e. The fourth-order valence-corrected chi connectivity index (χ4v) is 1.95. The molecule has 0 aromatic carbocycles. The first kappa shape index (κ1) is 10.7. The average molecular weight is 180 g/mol. The first-order chi connectivity index (χ1) is 4.87. The van der Waals surface area contributed by atoms with E-state index in [1.807, 2.05) is 0 Å². The molecule has 0 spiro atoms. The lowest BCUT2D eigenvalue weighted by Gasteiger charge is -2.10. The van der Waals surface area contributed by atoms with E-state index in [-0.39, 0.29) is 6.16 Å². The summed E-state index contributed by atoms with van der Waals surface area (Å²) in [7, 11) is -1.83. The Morgan fingerprint density at radius 3 is 2.45 bits per heavy atom. The number of carbonyl (C=O) groups is 1. The molecular formula is C6H13O4P. The fraction of sp³-hybridized carbons (Fsp3) is 0.833. The van der Waals surface area contributed by atoms with Crippen LogP contribution in [-0.2, 0) is 14.1 Å². The van der Waals surface area contributed by atoms with Gasteiger partial charge in [0.1, 0.15) is 0 Å². The zero-order valence-electron chi connectivity index (χ0n) is 6.90. The molecule has 0 aromatic rings. The zero-order valence-corrected chi connectivity index (χ0v) is 7.80. The number of hydrogen-bond donors (Lipinski definition) is 1. The van der Waals surface area contributed by atoms with Gasteiger partial charge >= 0.3 is 5.97 Å². The second kappa shape index (κ2) is 3.88. The summed E-state index contributed by atoms with van der Waals surface area (Å²) in [5.41, 5.74) is 0. The first-order valence-electron chi connectivity index (χ1n) is 3.24. The molecule has 5 heteroatoms. The molecule has 0 aliphatic rings. The van der Waals surface area contributed by atoms with Gasteiger partial charge in [0.05, 0.1) is 13.0 Å². The molecule has 4 nitrogen and oxygen atoms in total. The Morgan fingerprint density at radius 1 is 1.73 bits per heavy atom. The molecule has 0 saturated heterocycles. The number of esters is 1. The van der Waals surface area contributed by atoms with Crippen LogP contribution in [0.2, 0.25) is 0 Å². The van der Waals surface area contributed by atoms with Crippen molar-refractivity contribution in [2.24, 2.45) is 5.92 Å². The SMILES string of the molecule is COC(=O)C(C)CP(C)(=O)O. The summed E-state index contributed by atoms with van der Waals surface area (Å²) < 4.78 is 15.2. The molecule has 11 heavy (non-hydrogen) atoms. The molecule has 66 valence electrons. The minimum atomic E-state index is -3.09. The van der Waals surface area contributed by atoms with E-state index in [4.69, 9.17) is 4.89 Å². The van der Waals surface area contributed by atoms with Crippen LogP contribution in [0.15, 0.2) is 0 Å². The van der Waals surface area contributed by atoms with Gasteiger partial charge in [-0.2, -0.15) is 0 Å². The molecule has 0 amide bonds. The third kappa shape index (κ3) is 4.99. The van der Waals surface area contributed by atoms with Crippen LogP contribution in [0.1, 0.15) is 6.92 Å². The molecule has 0 saturated carbocycles. The molecule has 1 N–H and O–H groups in total. The standard InChI is InChI=1S/C6H13O4P/c1-5(6(7)10-2)4-11(3,8)9/h5H,4H2,1-3H3,(H,8,9). The van der Waals surface area contributed by atoms with Gasteiger partial charge in [-0.1, -0.05) is 6.92 Å². The molecule has 0 rings (SSSR count). The van der Waals surface area contributed by atoms with Crippen LogP contribution in [0.3, 0.4) is 0 Å². The van der Waals surface area contributed by atoms with E-state index in [0.29, 0.717) is 0 Å². The van der Waals surface area contributed by atoms with Crippen molar-refractivity contribution in [3.8, 4) is 0 Å². The Bertz CT molecular complexity index is 183. The summed E-state index contributed by atoms with van der Waals surface area (Å²) in [6.07, 6.45) is -0.0142. The molecule has 0 fully saturated rings. The molecule has 0 radical (unpaired) electrons. The highest BCUT2D eigenvalue weighted by Gasteiger charge is 2.21. The van der Waals surface area contributed by atoms with Gasteiger partial charge < -0.3 is 9.63 Å². The van der Waals surface area contributed by atoms with E-state index in [1.54, 1.807) is 6.92 Å². The highest BCUT2D eigenvalue weighted by Crippen LogP contribution is 2.37. The van der Waals surface area contributed by atoms with Gasteiger partial charge in [-0.3, -0.25) is 9.36 Å². The third-order valence-electron chi connectivity index (χ3n) is 1.22. The molecule has 2 unspecified atom stereocenters. The van der Waals surface area contributed by atoms with Crippen LogP contribution in [0.4, 0.5) is 0 Å². The topological polar surface area (TPSA) is 63.6 Å². The van der Waals surface area contributed by atoms with Crippen LogP contribution < -0.4 is 0 Å². The van der Waals surface area contributed by atoms with Gasteiger partial charge in [-0.25, -0.2) is 0 Å².